The Bertz CT molecular complexity index is 745. The highest BCUT2D eigenvalue weighted by Gasteiger charge is 2.13. The Balaban J connectivity index is 2.15. The summed E-state index contributed by atoms with van der Waals surface area (Å²) < 4.78 is 5.74. The number of hydrazone groups is 1. The number of anilines is 1. The molecule has 1 heterocycles. The van der Waals surface area contributed by atoms with Crippen molar-refractivity contribution in [2.75, 3.05) is 12.8 Å². The lowest BCUT2D eigenvalue weighted by molar-refractivity contribution is 0.0958. The Morgan fingerprint density at radius 3 is 2.91 bits per heavy atom. The molecule has 0 radical (unpaired) electrons. The van der Waals surface area contributed by atoms with Gasteiger partial charge in [0.2, 0.25) is 0 Å². The van der Waals surface area contributed by atoms with E-state index in [1.165, 1.54) is 13.3 Å². The lowest BCUT2D eigenvalue weighted by Gasteiger charge is -2.06. The highest BCUT2D eigenvalue weighted by molar-refractivity contribution is 9.10. The molecule has 0 fully saturated rings. The third-order valence-electron chi connectivity index (χ3n) is 2.68. The van der Waals surface area contributed by atoms with Gasteiger partial charge in [-0.1, -0.05) is 27.3 Å². The summed E-state index contributed by atoms with van der Waals surface area (Å²) in [5, 5.41) is 14.1. The minimum atomic E-state index is -0.413. The molecule has 22 heavy (non-hydrogen) atoms. The van der Waals surface area contributed by atoms with E-state index in [1.54, 1.807) is 19.1 Å². The summed E-state index contributed by atoms with van der Waals surface area (Å²) in [7, 11) is 1.45. The molecule has 0 spiro atoms. The second kappa shape index (κ2) is 6.75. The maximum absolute atomic E-state index is 11.9. The molecule has 0 saturated carbocycles. The molecule has 0 aliphatic carbocycles. The average Bonchev–Trinajstić information content (AvgIpc) is 2.81. The number of phenols is 1. The number of nitrogens with zero attached hydrogens (tertiary/aromatic N) is 2. The Kier molecular flexibility index (Phi) is 4.99. The number of nitrogens with two attached hydrogens (primary N) is 1. The van der Waals surface area contributed by atoms with Crippen LogP contribution in [0.2, 0.25) is 0 Å². The molecule has 0 unspecified atom stereocenters. The third kappa shape index (κ3) is 3.55. The summed E-state index contributed by atoms with van der Waals surface area (Å²) in [5.74, 6) is -0.181. The van der Waals surface area contributed by atoms with Gasteiger partial charge in [-0.3, -0.25) is 4.79 Å². The summed E-state index contributed by atoms with van der Waals surface area (Å²) in [6.07, 6.45) is 1.32. The standard InChI is InChI=1S/C13H13BrN4O3S/c1-6-11(22-13(15)17-6)12(20)18-16-5-7-3-8(14)4-9(21-2)10(7)19/h3-5,19H,1-2H3,(H2,15,17)(H,18,20)/b16-5+. The van der Waals surface area contributed by atoms with Gasteiger partial charge >= 0.3 is 0 Å². The maximum Gasteiger partial charge on any atom is 0.283 e. The SMILES string of the molecule is COc1cc(Br)cc(/C=N/NC(=O)c2sc(N)nc2C)c1O. The van der Waals surface area contributed by atoms with Crippen LogP contribution >= 0.6 is 27.3 Å². The number of aryl methyl sites for hydroxylation is 1. The van der Waals surface area contributed by atoms with Crippen molar-refractivity contribution in [1.29, 1.82) is 0 Å². The van der Waals surface area contributed by atoms with Crippen LogP contribution in [-0.4, -0.2) is 29.3 Å². The predicted molar refractivity (Wildman–Crippen MR) is 88.7 cm³/mol. The van der Waals surface area contributed by atoms with Crippen molar-refractivity contribution in [3.63, 3.8) is 0 Å². The van der Waals surface area contributed by atoms with Gasteiger partial charge in [0.15, 0.2) is 16.6 Å². The molecule has 0 saturated heterocycles. The zero-order valence-electron chi connectivity index (χ0n) is 11.8. The number of ether oxygens (including phenoxy) is 1. The van der Waals surface area contributed by atoms with Crippen LogP contribution in [0.25, 0.3) is 0 Å². The first-order valence-electron chi connectivity index (χ1n) is 6.05. The first-order chi connectivity index (χ1) is 10.4. The zero-order chi connectivity index (χ0) is 16.3. The Labute approximate surface area is 139 Å². The molecule has 9 heteroatoms. The van der Waals surface area contributed by atoms with E-state index in [2.05, 4.69) is 31.4 Å². The van der Waals surface area contributed by atoms with Crippen LogP contribution in [0.3, 0.4) is 0 Å². The zero-order valence-corrected chi connectivity index (χ0v) is 14.2. The molecule has 4 N–H and O–H groups in total. The molecular weight excluding hydrogens is 372 g/mol. The van der Waals surface area contributed by atoms with Crippen LogP contribution in [0, 0.1) is 6.92 Å². The van der Waals surface area contributed by atoms with Crippen molar-refractivity contribution in [3.8, 4) is 11.5 Å². The van der Waals surface area contributed by atoms with Crippen LogP contribution in [0.4, 0.5) is 5.13 Å². The number of aromatic hydroxyl groups is 1. The van der Waals surface area contributed by atoms with Crippen LogP contribution < -0.4 is 15.9 Å². The van der Waals surface area contributed by atoms with E-state index in [4.69, 9.17) is 10.5 Å². The molecule has 1 amide bonds. The van der Waals surface area contributed by atoms with Crippen molar-refractivity contribution in [2.24, 2.45) is 5.10 Å². The molecule has 2 rings (SSSR count). The van der Waals surface area contributed by atoms with Crippen molar-refractivity contribution in [1.82, 2.24) is 10.4 Å². The molecule has 0 bridgehead atoms. The van der Waals surface area contributed by atoms with Crippen LogP contribution in [-0.2, 0) is 0 Å². The van der Waals surface area contributed by atoms with E-state index < -0.39 is 5.91 Å². The van der Waals surface area contributed by atoms with Crippen LogP contribution in [0.1, 0.15) is 20.9 Å². The minimum absolute atomic E-state index is 0.0677. The molecule has 1 aromatic heterocycles. The van der Waals surface area contributed by atoms with Gasteiger partial charge in [-0.05, 0) is 19.1 Å². The van der Waals surface area contributed by atoms with E-state index in [1.807, 2.05) is 0 Å². The van der Waals surface area contributed by atoms with E-state index >= 15 is 0 Å². The van der Waals surface area contributed by atoms with Crippen molar-refractivity contribution in [3.05, 3.63) is 32.7 Å². The second-order valence-corrected chi connectivity index (χ2v) is 6.16. The number of nitrogen functional groups attached to an aromatic ring is 1. The number of carbonyl (C=O) groups is 1. The molecule has 7 nitrogen and oxygen atoms in total. The van der Waals surface area contributed by atoms with Gasteiger partial charge in [0.05, 0.1) is 19.0 Å². The van der Waals surface area contributed by atoms with Crippen molar-refractivity contribution < 1.29 is 14.6 Å². The monoisotopic (exact) mass is 384 g/mol. The topological polar surface area (TPSA) is 110 Å². The number of rotatable bonds is 4. The lowest BCUT2D eigenvalue weighted by atomic mass is 10.2. The second-order valence-electron chi connectivity index (χ2n) is 4.21. The number of thiazole rings is 1. The smallest absolute Gasteiger partial charge is 0.283 e. The third-order valence-corrected chi connectivity index (χ3v) is 4.12. The highest BCUT2D eigenvalue weighted by Crippen LogP contribution is 2.32. The quantitative estimate of drug-likeness (QED) is 0.553. The number of hydrogen-bond donors (Lipinski definition) is 3. The fourth-order valence-corrected chi connectivity index (χ4v) is 2.87. The number of carbonyl (C=O) groups excluding carboxylic acids is 1. The van der Waals surface area contributed by atoms with Crippen molar-refractivity contribution >= 4 is 44.5 Å². The molecular formula is C13H13BrN4O3S. The van der Waals surface area contributed by atoms with Gasteiger partial charge in [0, 0.05) is 10.0 Å². The fourth-order valence-electron chi connectivity index (χ4n) is 1.69. The molecule has 116 valence electrons. The van der Waals surface area contributed by atoms with E-state index in [0.717, 1.165) is 11.3 Å². The van der Waals surface area contributed by atoms with Crippen molar-refractivity contribution in [2.45, 2.75) is 6.92 Å². The Morgan fingerprint density at radius 2 is 2.32 bits per heavy atom. The number of phenolic OH excluding ortho intramolecular Hbond substituents is 1. The molecule has 0 aliphatic heterocycles. The summed E-state index contributed by atoms with van der Waals surface area (Å²) in [5.41, 5.74) is 8.85. The number of nitrogens with one attached hydrogen (secondary N) is 1. The van der Waals surface area contributed by atoms with Crippen LogP contribution in [0.5, 0.6) is 11.5 Å². The first kappa shape index (κ1) is 16.2. The summed E-state index contributed by atoms with van der Waals surface area (Å²) >= 11 is 4.38. The number of halogens is 1. The molecule has 1 aromatic carbocycles. The predicted octanol–water partition coefficient (Wildman–Crippen LogP) is 2.27. The first-order valence-corrected chi connectivity index (χ1v) is 7.66. The highest BCUT2D eigenvalue weighted by atomic mass is 79.9. The largest absolute Gasteiger partial charge is 0.504 e. The number of methoxy groups -OCH3 is 1. The van der Waals surface area contributed by atoms with Gasteiger partial charge < -0.3 is 15.6 Å². The number of benzene rings is 1. The van der Waals surface area contributed by atoms with E-state index in [9.17, 15) is 9.90 Å². The van der Waals surface area contributed by atoms with Crippen LogP contribution in [0.15, 0.2) is 21.7 Å². The molecule has 0 atom stereocenters. The number of aromatic nitrogens is 1. The van der Waals surface area contributed by atoms with Gasteiger partial charge in [-0.15, -0.1) is 0 Å². The molecule has 2 aromatic rings. The fraction of sp³-hybridized carbons (Fsp3) is 0.154. The Morgan fingerprint density at radius 1 is 1.59 bits per heavy atom. The average molecular weight is 385 g/mol. The Hall–Kier alpha value is -2.13. The summed E-state index contributed by atoms with van der Waals surface area (Å²) in [6, 6.07) is 3.26. The lowest BCUT2D eigenvalue weighted by Crippen LogP contribution is -2.17. The van der Waals surface area contributed by atoms with Gasteiger partial charge in [-0.2, -0.15) is 5.10 Å². The van der Waals surface area contributed by atoms with Gasteiger partial charge in [0.25, 0.3) is 5.91 Å². The van der Waals surface area contributed by atoms with Gasteiger partial charge in [-0.25, -0.2) is 10.4 Å². The van der Waals surface area contributed by atoms with E-state index in [0.29, 0.717) is 31.5 Å². The summed E-state index contributed by atoms with van der Waals surface area (Å²) in [6.45, 7) is 1.69. The van der Waals surface area contributed by atoms with E-state index in [-0.39, 0.29) is 5.75 Å². The number of amides is 1. The molecule has 0 aliphatic rings. The minimum Gasteiger partial charge on any atom is -0.504 e. The summed E-state index contributed by atoms with van der Waals surface area (Å²) in [4.78, 5) is 16.3. The van der Waals surface area contributed by atoms with Gasteiger partial charge in [0.1, 0.15) is 4.88 Å². The maximum atomic E-state index is 11.9. The normalized spacial score (nSPS) is 10.9. The number of hydrogen-bond acceptors (Lipinski definition) is 7.